The van der Waals surface area contributed by atoms with Crippen LogP contribution in [0, 0.1) is 11.8 Å². The zero-order valence-electron chi connectivity index (χ0n) is 14.3. The van der Waals surface area contributed by atoms with Gasteiger partial charge in [0.25, 0.3) is 0 Å². The number of piperidine rings is 1. The van der Waals surface area contributed by atoms with E-state index in [9.17, 15) is 9.59 Å². The number of pyridine rings is 1. The highest BCUT2D eigenvalue weighted by Gasteiger charge is 2.30. The molecular weight excluding hydrogens is 431 g/mol. The molecule has 1 aromatic rings. The molecule has 2 rings (SSSR count). The number of anilines is 1. The van der Waals surface area contributed by atoms with Gasteiger partial charge in [-0.3, -0.25) is 9.59 Å². The Kier molecular flexibility index (Phi) is 11.3. The average molecular weight is 456 g/mol. The number of carbonyl (C=O) groups is 2. The number of hydrogen-bond acceptors (Lipinski definition) is 4. The summed E-state index contributed by atoms with van der Waals surface area (Å²) in [5.41, 5.74) is 0. The largest absolute Gasteiger partial charge is 0.342 e. The van der Waals surface area contributed by atoms with Crippen LogP contribution in [0.5, 0.6) is 0 Å². The Hall–Kier alpha value is -0.890. The molecule has 1 aliphatic rings. The average Bonchev–Trinajstić information content (AvgIpc) is 2.56. The molecule has 0 saturated carbocycles. The van der Waals surface area contributed by atoms with Gasteiger partial charge >= 0.3 is 0 Å². The second kappa shape index (κ2) is 11.7. The fraction of sp³-hybridized carbons (Fsp3) is 0.562. The summed E-state index contributed by atoms with van der Waals surface area (Å²) in [5.74, 6) is 0.317. The molecule has 6 nitrogen and oxygen atoms in total. The van der Waals surface area contributed by atoms with Gasteiger partial charge in [0.1, 0.15) is 5.82 Å². The molecule has 0 aromatic carbocycles. The van der Waals surface area contributed by atoms with Crippen LogP contribution in [0.25, 0.3) is 0 Å². The maximum atomic E-state index is 12.4. The third kappa shape index (κ3) is 7.09. The van der Waals surface area contributed by atoms with Gasteiger partial charge in [-0.2, -0.15) is 0 Å². The zero-order valence-corrected chi connectivity index (χ0v) is 17.5. The van der Waals surface area contributed by atoms with Gasteiger partial charge < -0.3 is 15.5 Å². The van der Waals surface area contributed by atoms with Crippen molar-refractivity contribution in [2.24, 2.45) is 11.8 Å². The number of halogens is 3. The van der Waals surface area contributed by atoms with E-state index in [-0.39, 0.29) is 48.5 Å². The molecule has 2 amide bonds. The fourth-order valence-electron chi connectivity index (χ4n) is 2.77. The van der Waals surface area contributed by atoms with Crippen molar-refractivity contribution in [3.8, 4) is 0 Å². The van der Waals surface area contributed by atoms with Crippen molar-refractivity contribution in [2.75, 3.05) is 32.0 Å². The van der Waals surface area contributed by atoms with Gasteiger partial charge in [0.05, 0.1) is 5.92 Å². The maximum absolute atomic E-state index is 12.4. The van der Waals surface area contributed by atoms with Crippen LogP contribution in [0.1, 0.15) is 19.8 Å². The predicted octanol–water partition coefficient (Wildman–Crippen LogP) is 2.72. The zero-order chi connectivity index (χ0) is 16.8. The number of rotatable bonds is 5. The molecule has 1 aromatic heterocycles. The first-order valence-corrected chi connectivity index (χ1v) is 8.66. The molecule has 1 aliphatic heterocycles. The molecule has 1 fully saturated rings. The Labute approximate surface area is 169 Å². The molecule has 0 radical (unpaired) electrons. The minimum atomic E-state index is -0.181. The Morgan fingerprint density at radius 2 is 2.12 bits per heavy atom. The second-order valence-corrected chi connectivity index (χ2v) is 6.85. The van der Waals surface area contributed by atoms with Crippen LogP contribution in [0.3, 0.4) is 0 Å². The normalized spacial score (nSPS) is 17.7. The van der Waals surface area contributed by atoms with Crippen LogP contribution in [0.4, 0.5) is 5.82 Å². The van der Waals surface area contributed by atoms with Crippen molar-refractivity contribution in [2.45, 2.75) is 19.8 Å². The number of likely N-dealkylation sites (tertiary alicyclic amines) is 1. The van der Waals surface area contributed by atoms with E-state index < -0.39 is 0 Å². The molecule has 2 unspecified atom stereocenters. The summed E-state index contributed by atoms with van der Waals surface area (Å²) in [4.78, 5) is 30.8. The SMILES string of the molecule is CNCC(C)C(=O)N1CCCC(C(=O)Nc2ccc(Br)cn2)C1.Cl.Cl. The highest BCUT2D eigenvalue weighted by atomic mass is 79.9. The van der Waals surface area contributed by atoms with Crippen molar-refractivity contribution >= 4 is 58.4 Å². The summed E-state index contributed by atoms with van der Waals surface area (Å²) in [5, 5.41) is 5.85. The number of amides is 2. The molecule has 0 aliphatic carbocycles. The van der Waals surface area contributed by atoms with Gasteiger partial charge in [0.2, 0.25) is 11.8 Å². The second-order valence-electron chi connectivity index (χ2n) is 5.93. The van der Waals surface area contributed by atoms with Crippen LogP contribution < -0.4 is 10.6 Å². The molecule has 0 spiro atoms. The molecule has 9 heteroatoms. The summed E-state index contributed by atoms with van der Waals surface area (Å²) in [6.45, 7) is 3.77. The molecular formula is C16H25BrCl2N4O2. The van der Waals surface area contributed by atoms with E-state index in [4.69, 9.17) is 0 Å². The van der Waals surface area contributed by atoms with Crippen molar-refractivity contribution in [1.82, 2.24) is 15.2 Å². The van der Waals surface area contributed by atoms with Crippen molar-refractivity contribution in [3.05, 3.63) is 22.8 Å². The molecule has 2 N–H and O–H groups in total. The lowest BCUT2D eigenvalue weighted by Gasteiger charge is -2.33. The number of nitrogens with zero attached hydrogens (tertiary/aromatic N) is 2. The maximum Gasteiger partial charge on any atom is 0.230 e. The summed E-state index contributed by atoms with van der Waals surface area (Å²) < 4.78 is 0.864. The minimum absolute atomic E-state index is 0. The van der Waals surface area contributed by atoms with E-state index in [0.717, 1.165) is 23.9 Å². The van der Waals surface area contributed by atoms with Gasteiger partial charge in [0, 0.05) is 36.2 Å². The topological polar surface area (TPSA) is 74.3 Å². The van der Waals surface area contributed by atoms with Gasteiger partial charge in [-0.25, -0.2) is 4.98 Å². The molecule has 0 bridgehead atoms. The molecule has 2 atom stereocenters. The van der Waals surface area contributed by atoms with E-state index >= 15 is 0 Å². The smallest absolute Gasteiger partial charge is 0.230 e. The molecule has 1 saturated heterocycles. The number of aromatic nitrogens is 1. The Bertz CT molecular complexity index is 560. The third-order valence-electron chi connectivity index (χ3n) is 4.01. The fourth-order valence-corrected chi connectivity index (χ4v) is 3.01. The van der Waals surface area contributed by atoms with Gasteiger partial charge in [-0.05, 0) is 48.0 Å². The first-order valence-electron chi connectivity index (χ1n) is 7.87. The Balaban J connectivity index is 0.00000288. The summed E-state index contributed by atoms with van der Waals surface area (Å²) in [7, 11) is 1.83. The van der Waals surface area contributed by atoms with Crippen LogP contribution in [-0.2, 0) is 9.59 Å². The predicted molar refractivity (Wildman–Crippen MR) is 107 cm³/mol. The van der Waals surface area contributed by atoms with Gasteiger partial charge in [-0.1, -0.05) is 6.92 Å². The van der Waals surface area contributed by atoms with Crippen molar-refractivity contribution < 1.29 is 9.59 Å². The lowest BCUT2D eigenvalue weighted by atomic mass is 9.96. The minimum Gasteiger partial charge on any atom is -0.342 e. The Morgan fingerprint density at radius 3 is 2.72 bits per heavy atom. The van der Waals surface area contributed by atoms with Gasteiger partial charge in [0.15, 0.2) is 0 Å². The number of hydrogen-bond donors (Lipinski definition) is 2. The summed E-state index contributed by atoms with van der Waals surface area (Å²) in [6, 6.07) is 3.58. The van der Waals surface area contributed by atoms with Crippen LogP contribution >= 0.6 is 40.7 Å². The quantitative estimate of drug-likeness (QED) is 0.715. The first-order chi connectivity index (χ1) is 11.0. The van der Waals surface area contributed by atoms with E-state index in [2.05, 4.69) is 31.5 Å². The van der Waals surface area contributed by atoms with E-state index in [1.807, 2.05) is 24.9 Å². The summed E-state index contributed by atoms with van der Waals surface area (Å²) in [6.07, 6.45) is 3.29. The van der Waals surface area contributed by atoms with Gasteiger partial charge in [-0.15, -0.1) is 24.8 Å². The molecule has 2 heterocycles. The van der Waals surface area contributed by atoms with E-state index in [1.165, 1.54) is 0 Å². The molecule has 142 valence electrons. The van der Waals surface area contributed by atoms with Crippen LogP contribution in [0.15, 0.2) is 22.8 Å². The van der Waals surface area contributed by atoms with E-state index in [0.29, 0.717) is 18.9 Å². The number of nitrogens with one attached hydrogen (secondary N) is 2. The number of carbonyl (C=O) groups excluding carboxylic acids is 2. The van der Waals surface area contributed by atoms with Crippen LogP contribution in [-0.4, -0.2) is 48.4 Å². The van der Waals surface area contributed by atoms with Crippen LogP contribution in [0.2, 0.25) is 0 Å². The van der Waals surface area contributed by atoms with Crippen molar-refractivity contribution in [3.63, 3.8) is 0 Å². The monoisotopic (exact) mass is 454 g/mol. The highest BCUT2D eigenvalue weighted by Crippen LogP contribution is 2.20. The lowest BCUT2D eigenvalue weighted by molar-refractivity contribution is -0.137. The third-order valence-corrected chi connectivity index (χ3v) is 4.48. The highest BCUT2D eigenvalue weighted by molar-refractivity contribution is 9.10. The summed E-state index contributed by atoms with van der Waals surface area (Å²) >= 11 is 3.31. The first kappa shape index (κ1) is 24.1. The van der Waals surface area contributed by atoms with E-state index in [1.54, 1.807) is 12.3 Å². The molecule has 25 heavy (non-hydrogen) atoms. The Morgan fingerprint density at radius 1 is 1.40 bits per heavy atom. The standard InChI is InChI=1S/C16H23BrN4O2.2ClH/c1-11(8-18-2)16(23)21-7-3-4-12(10-21)15(22)20-14-6-5-13(17)9-19-14;;/h5-6,9,11-12,18H,3-4,7-8,10H2,1-2H3,(H,19,20,22);2*1H. The van der Waals surface area contributed by atoms with Crippen molar-refractivity contribution in [1.29, 1.82) is 0 Å². The lowest BCUT2D eigenvalue weighted by Crippen LogP contribution is -2.46.